The van der Waals surface area contributed by atoms with Crippen LogP contribution in [0.15, 0.2) is 24.5 Å². The SMILES string of the molecule is CN(CCc1ccncc1)C1CCCC(=O)C1. The third-order valence-corrected chi connectivity index (χ3v) is 3.58. The summed E-state index contributed by atoms with van der Waals surface area (Å²) in [6.45, 7) is 1.02. The number of carbonyl (C=O) groups is 1. The van der Waals surface area contributed by atoms with Crippen LogP contribution in [0.2, 0.25) is 0 Å². The maximum atomic E-state index is 11.4. The molecule has 0 aliphatic heterocycles. The van der Waals surface area contributed by atoms with E-state index in [1.807, 2.05) is 12.4 Å². The molecule has 1 aromatic heterocycles. The molecule has 0 N–H and O–H groups in total. The molecule has 1 aromatic rings. The summed E-state index contributed by atoms with van der Waals surface area (Å²) in [7, 11) is 2.13. The number of likely N-dealkylation sites (N-methyl/N-ethyl adjacent to an activating group) is 1. The van der Waals surface area contributed by atoms with Crippen molar-refractivity contribution in [2.45, 2.75) is 38.1 Å². The van der Waals surface area contributed by atoms with Crippen molar-refractivity contribution in [1.82, 2.24) is 9.88 Å². The fraction of sp³-hybridized carbons (Fsp3) is 0.571. The second kappa shape index (κ2) is 5.92. The Labute approximate surface area is 103 Å². The van der Waals surface area contributed by atoms with Gasteiger partial charge in [0.2, 0.25) is 0 Å². The van der Waals surface area contributed by atoms with Crippen LogP contribution in [0.5, 0.6) is 0 Å². The number of rotatable bonds is 4. The number of aromatic nitrogens is 1. The van der Waals surface area contributed by atoms with Crippen LogP contribution in [0, 0.1) is 0 Å². The van der Waals surface area contributed by atoms with Crippen molar-refractivity contribution in [1.29, 1.82) is 0 Å². The molecule has 1 fully saturated rings. The average molecular weight is 232 g/mol. The minimum Gasteiger partial charge on any atom is -0.303 e. The normalized spacial score (nSPS) is 20.8. The molecule has 1 saturated carbocycles. The van der Waals surface area contributed by atoms with Crippen LogP contribution >= 0.6 is 0 Å². The van der Waals surface area contributed by atoms with Gasteiger partial charge in [-0.3, -0.25) is 9.78 Å². The van der Waals surface area contributed by atoms with Gasteiger partial charge in [-0.25, -0.2) is 0 Å². The van der Waals surface area contributed by atoms with Gasteiger partial charge in [-0.05, 0) is 44.0 Å². The van der Waals surface area contributed by atoms with Gasteiger partial charge in [0.15, 0.2) is 0 Å². The molecule has 0 amide bonds. The Balaban J connectivity index is 1.80. The van der Waals surface area contributed by atoms with Gasteiger partial charge in [-0.1, -0.05) is 0 Å². The lowest BCUT2D eigenvalue weighted by Crippen LogP contribution is -2.37. The molecule has 1 aliphatic carbocycles. The molecule has 1 unspecified atom stereocenters. The van der Waals surface area contributed by atoms with Crippen LogP contribution in [0.3, 0.4) is 0 Å². The van der Waals surface area contributed by atoms with Crippen molar-refractivity contribution in [2.75, 3.05) is 13.6 Å². The molecular formula is C14H20N2O. The molecule has 0 saturated heterocycles. The monoisotopic (exact) mass is 232 g/mol. The number of hydrogen-bond donors (Lipinski definition) is 0. The average Bonchev–Trinajstić information content (AvgIpc) is 2.37. The number of nitrogens with zero attached hydrogens (tertiary/aromatic N) is 2. The molecule has 17 heavy (non-hydrogen) atoms. The molecule has 0 spiro atoms. The highest BCUT2D eigenvalue weighted by atomic mass is 16.1. The summed E-state index contributed by atoms with van der Waals surface area (Å²) in [4.78, 5) is 17.8. The summed E-state index contributed by atoms with van der Waals surface area (Å²) in [5.41, 5.74) is 1.31. The van der Waals surface area contributed by atoms with E-state index in [-0.39, 0.29) is 0 Å². The van der Waals surface area contributed by atoms with E-state index in [1.54, 1.807) is 0 Å². The molecule has 3 nitrogen and oxygen atoms in total. The van der Waals surface area contributed by atoms with Crippen molar-refractivity contribution in [2.24, 2.45) is 0 Å². The molecule has 0 aromatic carbocycles. The van der Waals surface area contributed by atoms with Gasteiger partial charge in [-0.15, -0.1) is 0 Å². The Hall–Kier alpha value is -1.22. The highest BCUT2D eigenvalue weighted by Crippen LogP contribution is 2.19. The predicted octanol–water partition coefficient (Wildman–Crippen LogP) is 2.07. The van der Waals surface area contributed by atoms with Gasteiger partial charge in [-0.2, -0.15) is 0 Å². The fourth-order valence-corrected chi connectivity index (χ4v) is 2.42. The lowest BCUT2D eigenvalue weighted by Gasteiger charge is -2.30. The molecule has 1 atom stereocenters. The molecule has 2 rings (SSSR count). The van der Waals surface area contributed by atoms with E-state index < -0.39 is 0 Å². The highest BCUT2D eigenvalue weighted by Gasteiger charge is 2.22. The number of Topliss-reactive ketones (excluding diaryl/α,β-unsaturated/α-hetero) is 1. The Kier molecular flexibility index (Phi) is 4.26. The molecule has 3 heteroatoms. The topological polar surface area (TPSA) is 33.2 Å². The largest absolute Gasteiger partial charge is 0.303 e. The first-order valence-corrected chi connectivity index (χ1v) is 6.36. The second-order valence-electron chi connectivity index (χ2n) is 4.87. The third kappa shape index (κ3) is 3.63. The van der Waals surface area contributed by atoms with Crippen LogP contribution in [-0.4, -0.2) is 35.3 Å². The van der Waals surface area contributed by atoms with E-state index in [0.29, 0.717) is 11.8 Å². The Bertz CT molecular complexity index is 364. The lowest BCUT2D eigenvalue weighted by molar-refractivity contribution is -0.121. The minimum absolute atomic E-state index is 0.428. The second-order valence-corrected chi connectivity index (χ2v) is 4.87. The Morgan fingerprint density at radius 2 is 2.18 bits per heavy atom. The lowest BCUT2D eigenvalue weighted by atomic mass is 9.93. The smallest absolute Gasteiger partial charge is 0.134 e. The maximum absolute atomic E-state index is 11.4. The molecule has 92 valence electrons. The van der Waals surface area contributed by atoms with Crippen LogP contribution in [0.4, 0.5) is 0 Å². The summed E-state index contributed by atoms with van der Waals surface area (Å²) in [6.07, 6.45) is 8.45. The summed E-state index contributed by atoms with van der Waals surface area (Å²) < 4.78 is 0. The molecule has 1 aliphatic rings. The van der Waals surface area contributed by atoms with Gasteiger partial charge < -0.3 is 4.90 Å². The molecule has 0 radical (unpaired) electrons. The van der Waals surface area contributed by atoms with Crippen LogP contribution in [0.25, 0.3) is 0 Å². The van der Waals surface area contributed by atoms with Gasteiger partial charge in [0, 0.05) is 37.8 Å². The van der Waals surface area contributed by atoms with Gasteiger partial charge >= 0.3 is 0 Å². The molecule has 0 bridgehead atoms. The molecule has 1 heterocycles. The third-order valence-electron chi connectivity index (χ3n) is 3.58. The highest BCUT2D eigenvalue weighted by molar-refractivity contribution is 5.79. The first-order chi connectivity index (χ1) is 8.25. The van der Waals surface area contributed by atoms with Crippen molar-refractivity contribution >= 4 is 5.78 Å². The van der Waals surface area contributed by atoms with Crippen LogP contribution < -0.4 is 0 Å². The van der Waals surface area contributed by atoms with E-state index in [4.69, 9.17) is 0 Å². The van der Waals surface area contributed by atoms with E-state index in [2.05, 4.69) is 29.1 Å². The zero-order valence-corrected chi connectivity index (χ0v) is 10.4. The summed E-state index contributed by atoms with van der Waals surface area (Å²) in [6, 6.07) is 4.57. The van der Waals surface area contributed by atoms with E-state index in [9.17, 15) is 4.79 Å². The van der Waals surface area contributed by atoms with Crippen molar-refractivity contribution in [3.05, 3.63) is 30.1 Å². The first-order valence-electron chi connectivity index (χ1n) is 6.36. The zero-order valence-electron chi connectivity index (χ0n) is 10.4. The van der Waals surface area contributed by atoms with E-state index >= 15 is 0 Å². The number of pyridine rings is 1. The minimum atomic E-state index is 0.428. The quantitative estimate of drug-likeness (QED) is 0.796. The van der Waals surface area contributed by atoms with Crippen molar-refractivity contribution in [3.8, 4) is 0 Å². The van der Waals surface area contributed by atoms with E-state index in [1.165, 1.54) is 12.0 Å². The predicted molar refractivity (Wildman–Crippen MR) is 67.8 cm³/mol. The maximum Gasteiger partial charge on any atom is 0.134 e. The van der Waals surface area contributed by atoms with Gasteiger partial charge in [0.25, 0.3) is 0 Å². The Morgan fingerprint density at radius 3 is 2.88 bits per heavy atom. The summed E-state index contributed by atoms with van der Waals surface area (Å²) in [5.74, 6) is 0.428. The first kappa shape index (κ1) is 12.2. The van der Waals surface area contributed by atoms with Gasteiger partial charge in [0.05, 0.1) is 0 Å². The Morgan fingerprint density at radius 1 is 1.41 bits per heavy atom. The number of carbonyl (C=O) groups excluding carboxylic acids is 1. The van der Waals surface area contributed by atoms with Crippen LogP contribution in [-0.2, 0) is 11.2 Å². The zero-order chi connectivity index (χ0) is 12.1. The van der Waals surface area contributed by atoms with Crippen molar-refractivity contribution < 1.29 is 4.79 Å². The standard InChI is InChI=1S/C14H20N2O/c1-16(13-3-2-4-14(17)11-13)10-7-12-5-8-15-9-6-12/h5-6,8-9,13H,2-4,7,10-11H2,1H3. The molecular weight excluding hydrogens is 212 g/mol. The van der Waals surface area contributed by atoms with Gasteiger partial charge in [0.1, 0.15) is 5.78 Å². The fourth-order valence-electron chi connectivity index (χ4n) is 2.42. The summed E-state index contributed by atoms with van der Waals surface area (Å²) >= 11 is 0. The van der Waals surface area contributed by atoms with Crippen LogP contribution in [0.1, 0.15) is 31.2 Å². The van der Waals surface area contributed by atoms with E-state index in [0.717, 1.165) is 32.2 Å². The number of ketones is 1. The number of hydrogen-bond acceptors (Lipinski definition) is 3. The van der Waals surface area contributed by atoms with Crippen molar-refractivity contribution in [3.63, 3.8) is 0 Å². The summed E-state index contributed by atoms with van der Waals surface area (Å²) in [5, 5.41) is 0.